The summed E-state index contributed by atoms with van der Waals surface area (Å²) in [7, 11) is 1.76. The second kappa shape index (κ2) is 10.1. The van der Waals surface area contributed by atoms with E-state index in [1.54, 1.807) is 29.1 Å². The minimum absolute atomic E-state index is 0.0300. The van der Waals surface area contributed by atoms with E-state index in [1.165, 1.54) is 0 Å². The minimum Gasteiger partial charge on any atom is -0.472 e. The van der Waals surface area contributed by atoms with Crippen molar-refractivity contribution in [1.82, 2.24) is 14.8 Å². The van der Waals surface area contributed by atoms with Crippen molar-refractivity contribution in [3.63, 3.8) is 0 Å². The van der Waals surface area contributed by atoms with E-state index in [1.807, 2.05) is 52.0 Å². The fourth-order valence-electron chi connectivity index (χ4n) is 3.87. The zero-order chi connectivity index (χ0) is 23.4. The summed E-state index contributed by atoms with van der Waals surface area (Å²) in [6.07, 6.45) is 1.78. The fourth-order valence-corrected chi connectivity index (χ4v) is 3.87. The van der Waals surface area contributed by atoms with Crippen LogP contribution in [0.4, 0.5) is 0 Å². The number of pyridine rings is 1. The molecule has 1 aliphatic heterocycles. The number of aliphatic hydroxyl groups is 1. The zero-order valence-corrected chi connectivity index (χ0v) is 19.5. The van der Waals surface area contributed by atoms with Gasteiger partial charge in [0.1, 0.15) is 11.7 Å². The smallest absolute Gasteiger partial charge is 0.259 e. The molecule has 0 spiro atoms. The molecular weight excluding hydrogens is 406 g/mol. The molecule has 2 aromatic rings. The molecule has 7 heteroatoms. The van der Waals surface area contributed by atoms with Gasteiger partial charge >= 0.3 is 0 Å². The van der Waals surface area contributed by atoms with E-state index >= 15 is 0 Å². The van der Waals surface area contributed by atoms with Crippen LogP contribution in [0.1, 0.15) is 43.1 Å². The van der Waals surface area contributed by atoms with E-state index in [0.29, 0.717) is 25.1 Å². The van der Waals surface area contributed by atoms with Crippen molar-refractivity contribution in [2.24, 2.45) is 5.92 Å². The summed E-state index contributed by atoms with van der Waals surface area (Å²) in [6.45, 7) is 8.33. The molecule has 32 heavy (non-hydrogen) atoms. The number of hydrogen-bond acceptors (Lipinski definition) is 5. The molecule has 0 aliphatic carbocycles. The topological polar surface area (TPSA) is 83.0 Å². The largest absolute Gasteiger partial charge is 0.472 e. The van der Waals surface area contributed by atoms with Crippen LogP contribution < -0.4 is 4.74 Å². The molecule has 1 aliphatic rings. The van der Waals surface area contributed by atoms with Crippen LogP contribution in [0.15, 0.2) is 36.5 Å². The Morgan fingerprint density at radius 2 is 2.00 bits per heavy atom. The van der Waals surface area contributed by atoms with Gasteiger partial charge in [0.2, 0.25) is 11.8 Å². The summed E-state index contributed by atoms with van der Waals surface area (Å²) in [6, 6.07) is 9.48. The Labute approximate surface area is 190 Å². The lowest BCUT2D eigenvalue weighted by Crippen LogP contribution is -2.50. The SMILES string of the molecule is CCC(=O)N(C)C[C@H]1Oc2ncc(-c3ccc(C)cc3)cc2C(=O)N([C@@H](C)CO)C[C@@H]1C. The summed E-state index contributed by atoms with van der Waals surface area (Å²) >= 11 is 0. The quantitative estimate of drug-likeness (QED) is 0.748. The molecule has 3 rings (SSSR count). The molecule has 2 heterocycles. The highest BCUT2D eigenvalue weighted by atomic mass is 16.5. The van der Waals surface area contributed by atoms with Crippen LogP contribution in [0.25, 0.3) is 11.1 Å². The number of aryl methyl sites for hydroxylation is 1. The highest BCUT2D eigenvalue weighted by Gasteiger charge is 2.34. The highest BCUT2D eigenvalue weighted by Crippen LogP contribution is 2.30. The molecule has 7 nitrogen and oxygen atoms in total. The summed E-state index contributed by atoms with van der Waals surface area (Å²) in [5.74, 6) is 0.00963. The summed E-state index contributed by atoms with van der Waals surface area (Å²) in [4.78, 5) is 33.5. The van der Waals surface area contributed by atoms with E-state index < -0.39 is 0 Å². The van der Waals surface area contributed by atoms with Crippen LogP contribution in [0.5, 0.6) is 5.88 Å². The minimum atomic E-state index is -0.352. The van der Waals surface area contributed by atoms with Gasteiger partial charge in [0.25, 0.3) is 5.91 Å². The molecule has 0 saturated carbocycles. The number of ether oxygens (including phenoxy) is 1. The average molecular weight is 440 g/mol. The summed E-state index contributed by atoms with van der Waals surface area (Å²) in [5, 5.41) is 9.78. The molecule has 0 bridgehead atoms. The number of hydrogen-bond donors (Lipinski definition) is 1. The van der Waals surface area contributed by atoms with Gasteiger partial charge < -0.3 is 19.6 Å². The van der Waals surface area contributed by atoms with Gasteiger partial charge in [0.05, 0.1) is 19.2 Å². The maximum Gasteiger partial charge on any atom is 0.259 e. The van der Waals surface area contributed by atoms with Crippen LogP contribution in [-0.2, 0) is 4.79 Å². The summed E-state index contributed by atoms with van der Waals surface area (Å²) < 4.78 is 6.24. The first-order chi connectivity index (χ1) is 15.2. The maximum atomic E-state index is 13.5. The number of amides is 2. The van der Waals surface area contributed by atoms with Gasteiger partial charge in [-0.05, 0) is 25.5 Å². The molecule has 0 saturated heterocycles. The molecule has 0 fully saturated rings. The van der Waals surface area contributed by atoms with Crippen molar-refractivity contribution in [2.45, 2.75) is 46.3 Å². The third-order valence-electron chi connectivity index (χ3n) is 6.09. The van der Waals surface area contributed by atoms with Crippen molar-refractivity contribution in [3.05, 3.63) is 47.7 Å². The van der Waals surface area contributed by atoms with Crippen LogP contribution in [0.2, 0.25) is 0 Å². The van der Waals surface area contributed by atoms with Gasteiger partial charge in [-0.3, -0.25) is 9.59 Å². The van der Waals surface area contributed by atoms with Gasteiger partial charge in [-0.1, -0.05) is 43.7 Å². The van der Waals surface area contributed by atoms with Crippen LogP contribution in [0, 0.1) is 12.8 Å². The number of aromatic nitrogens is 1. The number of carbonyl (C=O) groups is 2. The van der Waals surface area contributed by atoms with E-state index in [2.05, 4.69) is 4.98 Å². The standard InChI is InChI=1S/C25H33N3O4/c1-6-23(30)27(5)14-22-17(3)13-28(18(4)15-29)25(31)21-11-20(12-26-24(21)32-22)19-9-7-16(2)8-10-19/h7-12,17-18,22,29H,6,13-15H2,1-5H3/t17-,18-,22+/m0/s1. The van der Waals surface area contributed by atoms with E-state index in [0.717, 1.165) is 16.7 Å². The Morgan fingerprint density at radius 3 is 2.62 bits per heavy atom. The number of benzene rings is 1. The Morgan fingerprint density at radius 1 is 1.31 bits per heavy atom. The second-order valence-electron chi connectivity index (χ2n) is 8.69. The maximum absolute atomic E-state index is 13.5. The first kappa shape index (κ1) is 23.7. The lowest BCUT2D eigenvalue weighted by Gasteiger charge is -2.37. The third-order valence-corrected chi connectivity index (χ3v) is 6.09. The Bertz CT molecular complexity index is 960. The number of nitrogens with zero attached hydrogens (tertiary/aromatic N) is 3. The van der Waals surface area contributed by atoms with Crippen molar-refractivity contribution in [3.8, 4) is 17.0 Å². The van der Waals surface area contributed by atoms with Crippen molar-refractivity contribution >= 4 is 11.8 Å². The molecule has 1 aromatic carbocycles. The van der Waals surface area contributed by atoms with Crippen LogP contribution in [-0.4, -0.2) is 70.6 Å². The number of aliphatic hydroxyl groups excluding tert-OH is 1. The first-order valence-electron chi connectivity index (χ1n) is 11.1. The van der Waals surface area contributed by atoms with Crippen molar-refractivity contribution < 1.29 is 19.4 Å². The molecule has 3 atom stereocenters. The van der Waals surface area contributed by atoms with Crippen molar-refractivity contribution in [1.29, 1.82) is 0 Å². The third kappa shape index (κ3) is 5.10. The van der Waals surface area contributed by atoms with Crippen molar-refractivity contribution in [2.75, 3.05) is 26.7 Å². The monoisotopic (exact) mass is 439 g/mol. The lowest BCUT2D eigenvalue weighted by molar-refractivity contribution is -0.131. The molecule has 2 amide bonds. The first-order valence-corrected chi connectivity index (χ1v) is 11.1. The number of carbonyl (C=O) groups excluding carboxylic acids is 2. The molecule has 1 N–H and O–H groups in total. The molecular formula is C25H33N3O4. The van der Waals surface area contributed by atoms with E-state index in [4.69, 9.17) is 4.74 Å². The van der Waals surface area contributed by atoms with Gasteiger partial charge in [0.15, 0.2) is 0 Å². The molecule has 1 aromatic heterocycles. The lowest BCUT2D eigenvalue weighted by atomic mass is 9.99. The highest BCUT2D eigenvalue weighted by molar-refractivity contribution is 5.98. The fraction of sp³-hybridized carbons (Fsp3) is 0.480. The van der Waals surface area contributed by atoms with Gasteiger partial charge in [-0.15, -0.1) is 0 Å². The van der Waals surface area contributed by atoms with Gasteiger partial charge in [0, 0.05) is 37.7 Å². The number of likely N-dealkylation sites (N-methyl/N-ethyl adjacent to an activating group) is 1. The normalized spacial score (nSPS) is 19.4. The zero-order valence-electron chi connectivity index (χ0n) is 19.5. The van der Waals surface area contributed by atoms with Crippen LogP contribution >= 0.6 is 0 Å². The molecule has 0 unspecified atom stereocenters. The Hall–Kier alpha value is -2.93. The average Bonchev–Trinajstić information content (AvgIpc) is 2.80. The van der Waals surface area contributed by atoms with Crippen LogP contribution in [0.3, 0.4) is 0 Å². The number of rotatable bonds is 6. The Balaban J connectivity index is 2.03. The van der Waals surface area contributed by atoms with E-state index in [-0.39, 0.29) is 42.4 Å². The van der Waals surface area contributed by atoms with E-state index in [9.17, 15) is 14.7 Å². The second-order valence-corrected chi connectivity index (χ2v) is 8.69. The van der Waals surface area contributed by atoms with Gasteiger partial charge in [-0.25, -0.2) is 4.98 Å². The number of fused-ring (bicyclic) bond motifs is 1. The predicted molar refractivity (Wildman–Crippen MR) is 124 cm³/mol. The molecule has 172 valence electrons. The Kier molecular flexibility index (Phi) is 7.51. The predicted octanol–water partition coefficient (Wildman–Crippen LogP) is 3.15. The summed E-state index contributed by atoms with van der Waals surface area (Å²) in [5.41, 5.74) is 3.30. The van der Waals surface area contributed by atoms with Gasteiger partial charge in [-0.2, -0.15) is 0 Å². The molecule has 0 radical (unpaired) electrons.